The summed E-state index contributed by atoms with van der Waals surface area (Å²) in [6.45, 7) is 0. The van der Waals surface area contributed by atoms with Gasteiger partial charge in [0.2, 0.25) is 5.78 Å². The van der Waals surface area contributed by atoms with Crippen LogP contribution < -0.4 is 0 Å². The molecule has 2 aromatic heterocycles. The lowest BCUT2D eigenvalue weighted by molar-refractivity contribution is 0.103. The van der Waals surface area contributed by atoms with Gasteiger partial charge in [-0.15, -0.1) is 16.4 Å². The Morgan fingerprint density at radius 3 is 2.79 bits per heavy atom. The van der Waals surface area contributed by atoms with E-state index in [9.17, 15) is 9.90 Å². The van der Waals surface area contributed by atoms with Crippen molar-refractivity contribution in [3.05, 3.63) is 58.5 Å². The summed E-state index contributed by atoms with van der Waals surface area (Å²) in [4.78, 5) is 12.7. The van der Waals surface area contributed by atoms with Crippen LogP contribution in [0.1, 0.15) is 15.4 Å². The number of nitrogens with zero attached hydrogens (tertiary/aromatic N) is 3. The predicted octanol–water partition coefficient (Wildman–Crippen LogP) is 2.27. The van der Waals surface area contributed by atoms with Gasteiger partial charge in [-0.05, 0) is 23.6 Å². The van der Waals surface area contributed by atoms with Gasteiger partial charge in [0.1, 0.15) is 11.4 Å². The number of aromatic nitrogens is 3. The summed E-state index contributed by atoms with van der Waals surface area (Å²) >= 11 is 1.36. The fraction of sp³-hybridized carbons (Fsp3) is 0. The first-order valence-corrected chi connectivity index (χ1v) is 6.42. The molecule has 0 aliphatic carbocycles. The molecule has 0 amide bonds. The van der Waals surface area contributed by atoms with Crippen molar-refractivity contribution in [1.29, 1.82) is 0 Å². The molecule has 3 rings (SSSR count). The van der Waals surface area contributed by atoms with Gasteiger partial charge in [0.15, 0.2) is 5.69 Å². The van der Waals surface area contributed by atoms with Gasteiger partial charge in [-0.2, -0.15) is 0 Å². The van der Waals surface area contributed by atoms with E-state index in [0.29, 0.717) is 10.6 Å². The minimum absolute atomic E-state index is 0.0857. The molecule has 1 N–H and O–H groups in total. The number of hydrogen-bond acceptors (Lipinski definition) is 5. The Morgan fingerprint density at radius 2 is 2.05 bits per heavy atom. The summed E-state index contributed by atoms with van der Waals surface area (Å²) in [5, 5.41) is 19.3. The Morgan fingerprint density at radius 1 is 1.21 bits per heavy atom. The third-order valence-corrected chi connectivity index (χ3v) is 3.47. The maximum absolute atomic E-state index is 12.1. The van der Waals surface area contributed by atoms with E-state index in [2.05, 4.69) is 10.3 Å². The fourth-order valence-electron chi connectivity index (χ4n) is 1.68. The normalized spacial score (nSPS) is 10.5. The molecule has 0 radical (unpaired) electrons. The second-order valence-electron chi connectivity index (χ2n) is 3.84. The number of aromatic hydroxyl groups is 1. The Labute approximate surface area is 112 Å². The molecule has 3 aromatic rings. The van der Waals surface area contributed by atoms with Crippen LogP contribution in [0, 0.1) is 0 Å². The van der Waals surface area contributed by atoms with Crippen LogP contribution in [-0.2, 0) is 0 Å². The van der Waals surface area contributed by atoms with Crippen LogP contribution in [0.3, 0.4) is 0 Å². The van der Waals surface area contributed by atoms with Gasteiger partial charge in [0, 0.05) is 0 Å². The highest BCUT2D eigenvalue weighted by Crippen LogP contribution is 2.20. The molecule has 0 aliphatic rings. The van der Waals surface area contributed by atoms with Crippen molar-refractivity contribution < 1.29 is 9.90 Å². The van der Waals surface area contributed by atoms with Gasteiger partial charge >= 0.3 is 0 Å². The van der Waals surface area contributed by atoms with Gasteiger partial charge in [0.25, 0.3) is 0 Å². The van der Waals surface area contributed by atoms with Crippen LogP contribution in [0.15, 0.2) is 48.0 Å². The number of phenols is 1. The molecule has 6 heteroatoms. The average molecular weight is 271 g/mol. The van der Waals surface area contributed by atoms with E-state index in [-0.39, 0.29) is 17.2 Å². The van der Waals surface area contributed by atoms with Crippen molar-refractivity contribution in [2.45, 2.75) is 0 Å². The number of phenolic OH excluding ortho intramolecular Hbond substituents is 1. The molecule has 19 heavy (non-hydrogen) atoms. The largest absolute Gasteiger partial charge is 0.506 e. The second-order valence-corrected chi connectivity index (χ2v) is 4.79. The zero-order valence-corrected chi connectivity index (χ0v) is 10.5. The van der Waals surface area contributed by atoms with Crippen LogP contribution in [0.5, 0.6) is 5.75 Å². The van der Waals surface area contributed by atoms with Gasteiger partial charge < -0.3 is 5.11 Å². The molecular formula is C13H9N3O2S. The highest BCUT2D eigenvalue weighted by molar-refractivity contribution is 7.12. The first kappa shape index (κ1) is 11.6. The molecule has 0 spiro atoms. The number of carbonyl (C=O) groups excluding carboxylic acids is 1. The Balaban J connectivity index is 1.96. The van der Waals surface area contributed by atoms with Crippen LogP contribution in [-0.4, -0.2) is 25.9 Å². The molecule has 0 saturated heterocycles. The molecule has 1 aromatic carbocycles. The Kier molecular flexibility index (Phi) is 2.85. The fourth-order valence-corrected chi connectivity index (χ4v) is 2.35. The number of ketones is 1. The van der Waals surface area contributed by atoms with Crippen LogP contribution >= 0.6 is 11.3 Å². The monoisotopic (exact) mass is 271 g/mol. The molecule has 94 valence electrons. The summed E-state index contributed by atoms with van der Waals surface area (Å²) in [5.41, 5.74) is 0.742. The lowest BCUT2D eigenvalue weighted by Gasteiger charge is -2.01. The van der Waals surface area contributed by atoms with Gasteiger partial charge in [0.05, 0.1) is 11.1 Å². The quantitative estimate of drug-likeness (QED) is 0.742. The average Bonchev–Trinajstić information content (AvgIpc) is 3.10. The molecule has 0 atom stereocenters. The van der Waals surface area contributed by atoms with E-state index in [1.165, 1.54) is 22.2 Å². The van der Waals surface area contributed by atoms with Crippen molar-refractivity contribution in [2.75, 3.05) is 0 Å². The molecule has 0 aliphatic heterocycles. The second kappa shape index (κ2) is 4.66. The number of hydrogen-bond donors (Lipinski definition) is 1. The molecule has 5 nitrogen and oxygen atoms in total. The Bertz CT molecular complexity index is 719. The number of benzene rings is 1. The van der Waals surface area contributed by atoms with Crippen molar-refractivity contribution in [3.63, 3.8) is 0 Å². The molecule has 0 fully saturated rings. The molecule has 2 heterocycles. The van der Waals surface area contributed by atoms with Gasteiger partial charge in [-0.3, -0.25) is 4.79 Å². The van der Waals surface area contributed by atoms with Crippen LogP contribution in [0.25, 0.3) is 5.69 Å². The van der Waals surface area contributed by atoms with Crippen molar-refractivity contribution in [3.8, 4) is 11.4 Å². The summed E-state index contributed by atoms with van der Waals surface area (Å²) in [6, 6.07) is 10.3. The summed E-state index contributed by atoms with van der Waals surface area (Å²) < 4.78 is 1.39. The Hall–Kier alpha value is -2.47. The van der Waals surface area contributed by atoms with Crippen molar-refractivity contribution in [2.24, 2.45) is 0 Å². The topological polar surface area (TPSA) is 68.0 Å². The highest BCUT2D eigenvalue weighted by Gasteiger charge is 2.15. The van der Waals surface area contributed by atoms with Crippen LogP contribution in [0.2, 0.25) is 0 Å². The number of thiophene rings is 1. The minimum atomic E-state index is -0.170. The smallest absolute Gasteiger partial charge is 0.224 e. The summed E-state index contributed by atoms with van der Waals surface area (Å²) in [5.74, 6) is -0.0841. The minimum Gasteiger partial charge on any atom is -0.506 e. The first-order valence-electron chi connectivity index (χ1n) is 5.54. The summed E-state index contributed by atoms with van der Waals surface area (Å²) in [7, 11) is 0. The van der Waals surface area contributed by atoms with E-state index < -0.39 is 0 Å². The molecular weight excluding hydrogens is 262 g/mol. The zero-order chi connectivity index (χ0) is 13.2. The van der Waals surface area contributed by atoms with E-state index >= 15 is 0 Å². The SMILES string of the molecule is O=C(c1cn(-c2ccccc2O)nn1)c1cccs1. The van der Waals surface area contributed by atoms with Crippen LogP contribution in [0.4, 0.5) is 0 Å². The maximum atomic E-state index is 12.1. The lowest BCUT2D eigenvalue weighted by atomic mass is 10.2. The van der Waals surface area contributed by atoms with E-state index in [1.54, 1.807) is 30.3 Å². The maximum Gasteiger partial charge on any atom is 0.224 e. The van der Waals surface area contributed by atoms with Crippen molar-refractivity contribution >= 4 is 17.1 Å². The number of rotatable bonds is 3. The lowest BCUT2D eigenvalue weighted by Crippen LogP contribution is -1.98. The van der Waals surface area contributed by atoms with E-state index in [4.69, 9.17) is 0 Å². The highest BCUT2D eigenvalue weighted by atomic mass is 32.1. The summed E-state index contributed by atoms with van der Waals surface area (Å²) in [6.07, 6.45) is 1.51. The number of carbonyl (C=O) groups is 1. The zero-order valence-electron chi connectivity index (χ0n) is 9.72. The molecule has 0 saturated carbocycles. The first-order chi connectivity index (χ1) is 9.25. The molecule has 0 bridgehead atoms. The third-order valence-electron chi connectivity index (χ3n) is 2.60. The predicted molar refractivity (Wildman–Crippen MR) is 70.8 cm³/mol. The van der Waals surface area contributed by atoms with Crippen molar-refractivity contribution in [1.82, 2.24) is 15.0 Å². The van der Waals surface area contributed by atoms with Gasteiger partial charge in [-0.1, -0.05) is 23.4 Å². The third kappa shape index (κ3) is 2.13. The standard InChI is InChI=1S/C13H9N3O2S/c17-11-5-2-1-4-10(11)16-8-9(14-15-16)13(18)12-6-3-7-19-12/h1-8,17H. The van der Waals surface area contributed by atoms with E-state index in [0.717, 1.165) is 0 Å². The molecule has 0 unspecified atom stereocenters. The number of para-hydroxylation sites is 2. The van der Waals surface area contributed by atoms with E-state index in [1.807, 2.05) is 11.4 Å². The van der Waals surface area contributed by atoms with Gasteiger partial charge in [-0.25, -0.2) is 4.68 Å².